The van der Waals surface area contributed by atoms with E-state index in [-0.39, 0.29) is 5.75 Å². The predicted octanol–water partition coefficient (Wildman–Crippen LogP) is 2.60. The molecule has 108 valence electrons. The highest BCUT2D eigenvalue weighted by molar-refractivity contribution is 5.74. The molecule has 6 nitrogen and oxygen atoms in total. The average Bonchev–Trinajstić information content (AvgIpc) is 2.68. The second kappa shape index (κ2) is 5.40. The molecule has 0 saturated heterocycles. The van der Waals surface area contributed by atoms with Gasteiger partial charge >= 0.3 is 6.09 Å². The van der Waals surface area contributed by atoms with E-state index in [2.05, 4.69) is 10.3 Å². The molecule has 0 atom stereocenters. The van der Waals surface area contributed by atoms with Crippen molar-refractivity contribution in [2.24, 2.45) is 0 Å². The first-order chi connectivity index (χ1) is 9.33. The maximum atomic E-state index is 11.4. The third-order valence-corrected chi connectivity index (χ3v) is 2.42. The molecule has 1 heterocycles. The Labute approximate surface area is 116 Å². The first-order valence-corrected chi connectivity index (χ1v) is 6.39. The van der Waals surface area contributed by atoms with E-state index in [4.69, 9.17) is 9.15 Å². The van der Waals surface area contributed by atoms with Gasteiger partial charge in [-0.05, 0) is 32.9 Å². The number of aromatic nitrogens is 1. The van der Waals surface area contributed by atoms with Gasteiger partial charge in [-0.1, -0.05) is 0 Å². The van der Waals surface area contributed by atoms with Gasteiger partial charge in [0.2, 0.25) is 0 Å². The summed E-state index contributed by atoms with van der Waals surface area (Å²) in [4.78, 5) is 15.7. The van der Waals surface area contributed by atoms with Crippen molar-refractivity contribution < 1.29 is 19.1 Å². The predicted molar refractivity (Wildman–Crippen MR) is 73.6 cm³/mol. The number of hydrogen-bond acceptors (Lipinski definition) is 5. The maximum Gasteiger partial charge on any atom is 0.407 e. The van der Waals surface area contributed by atoms with Gasteiger partial charge in [0, 0.05) is 19.0 Å². The highest BCUT2D eigenvalue weighted by Gasteiger charge is 2.15. The van der Waals surface area contributed by atoms with Crippen LogP contribution in [-0.4, -0.2) is 28.3 Å². The Morgan fingerprint density at radius 1 is 1.45 bits per heavy atom. The Hall–Kier alpha value is -2.24. The quantitative estimate of drug-likeness (QED) is 0.901. The van der Waals surface area contributed by atoms with Gasteiger partial charge in [-0.2, -0.15) is 0 Å². The number of alkyl carbamates (subject to hydrolysis) is 1. The monoisotopic (exact) mass is 278 g/mol. The Morgan fingerprint density at radius 2 is 2.20 bits per heavy atom. The van der Waals surface area contributed by atoms with Crippen molar-refractivity contribution in [1.29, 1.82) is 0 Å². The lowest BCUT2D eigenvalue weighted by Gasteiger charge is -2.19. The zero-order chi connectivity index (χ0) is 14.8. The van der Waals surface area contributed by atoms with Gasteiger partial charge in [0.15, 0.2) is 11.5 Å². The Bertz CT molecular complexity index is 613. The lowest BCUT2D eigenvalue weighted by molar-refractivity contribution is 0.0528. The van der Waals surface area contributed by atoms with Crippen LogP contribution in [0.1, 0.15) is 26.7 Å². The molecular formula is C14H18N2O4. The van der Waals surface area contributed by atoms with Gasteiger partial charge in [0.25, 0.3) is 0 Å². The number of rotatable bonds is 3. The second-order valence-corrected chi connectivity index (χ2v) is 5.44. The molecule has 0 radical (unpaired) electrons. The molecule has 1 aromatic heterocycles. The number of nitrogens with one attached hydrogen (secondary N) is 1. The van der Waals surface area contributed by atoms with E-state index < -0.39 is 11.7 Å². The zero-order valence-corrected chi connectivity index (χ0v) is 11.8. The van der Waals surface area contributed by atoms with Gasteiger partial charge in [-0.15, -0.1) is 0 Å². The lowest BCUT2D eigenvalue weighted by atomic mass is 10.2. The van der Waals surface area contributed by atoms with Crippen molar-refractivity contribution >= 4 is 17.2 Å². The molecule has 6 heteroatoms. The molecule has 0 aliphatic carbocycles. The molecule has 0 aliphatic heterocycles. The molecule has 0 aliphatic rings. The van der Waals surface area contributed by atoms with E-state index in [1.165, 1.54) is 12.1 Å². The van der Waals surface area contributed by atoms with Crippen LogP contribution in [0.2, 0.25) is 0 Å². The minimum Gasteiger partial charge on any atom is -0.508 e. The topological polar surface area (TPSA) is 84.6 Å². The summed E-state index contributed by atoms with van der Waals surface area (Å²) in [7, 11) is 0. The van der Waals surface area contributed by atoms with Crippen molar-refractivity contribution in [1.82, 2.24) is 10.3 Å². The number of oxazole rings is 1. The number of nitrogens with zero attached hydrogens (tertiary/aromatic N) is 1. The molecule has 0 saturated carbocycles. The molecule has 0 bridgehead atoms. The Morgan fingerprint density at radius 3 is 2.90 bits per heavy atom. The van der Waals surface area contributed by atoms with Crippen molar-refractivity contribution in [3.05, 3.63) is 24.1 Å². The number of phenols is 1. The van der Waals surface area contributed by atoms with E-state index >= 15 is 0 Å². The van der Waals surface area contributed by atoms with Crippen LogP contribution >= 0.6 is 0 Å². The Balaban J connectivity index is 1.88. The highest BCUT2D eigenvalue weighted by atomic mass is 16.6. The number of ether oxygens (including phenoxy) is 1. The van der Waals surface area contributed by atoms with E-state index in [1.54, 1.807) is 26.8 Å². The van der Waals surface area contributed by atoms with Crippen LogP contribution in [0.5, 0.6) is 5.75 Å². The van der Waals surface area contributed by atoms with E-state index in [0.29, 0.717) is 30.0 Å². The number of benzene rings is 1. The normalized spacial score (nSPS) is 11.6. The zero-order valence-electron chi connectivity index (χ0n) is 11.8. The number of amides is 1. The van der Waals surface area contributed by atoms with Crippen LogP contribution in [0.15, 0.2) is 22.6 Å². The lowest BCUT2D eigenvalue weighted by Crippen LogP contribution is -2.33. The molecule has 1 amide bonds. The van der Waals surface area contributed by atoms with Crippen LogP contribution in [0.3, 0.4) is 0 Å². The molecule has 0 unspecified atom stereocenters. The van der Waals surface area contributed by atoms with Crippen LogP contribution in [0, 0.1) is 0 Å². The van der Waals surface area contributed by atoms with Crippen molar-refractivity contribution in [2.45, 2.75) is 32.8 Å². The number of phenolic OH excluding ortho intramolecular Hbond substituents is 1. The van der Waals surface area contributed by atoms with Crippen LogP contribution < -0.4 is 5.32 Å². The van der Waals surface area contributed by atoms with Crippen molar-refractivity contribution in [3.63, 3.8) is 0 Å². The van der Waals surface area contributed by atoms with E-state index in [1.807, 2.05) is 0 Å². The fourth-order valence-electron chi connectivity index (χ4n) is 1.66. The summed E-state index contributed by atoms with van der Waals surface area (Å²) in [6, 6.07) is 4.72. The first kappa shape index (κ1) is 14.2. The maximum absolute atomic E-state index is 11.4. The smallest absolute Gasteiger partial charge is 0.407 e. The molecule has 1 aromatic carbocycles. The highest BCUT2D eigenvalue weighted by Crippen LogP contribution is 2.20. The van der Waals surface area contributed by atoms with Gasteiger partial charge in [-0.3, -0.25) is 0 Å². The number of aromatic hydroxyl groups is 1. The summed E-state index contributed by atoms with van der Waals surface area (Å²) < 4.78 is 10.6. The van der Waals surface area contributed by atoms with E-state index in [0.717, 1.165) is 0 Å². The van der Waals surface area contributed by atoms with Gasteiger partial charge in [-0.25, -0.2) is 9.78 Å². The fraction of sp³-hybridized carbons (Fsp3) is 0.429. The number of hydrogen-bond donors (Lipinski definition) is 2. The fourth-order valence-corrected chi connectivity index (χ4v) is 1.66. The van der Waals surface area contributed by atoms with Gasteiger partial charge in [0.05, 0.1) is 0 Å². The van der Waals surface area contributed by atoms with Crippen molar-refractivity contribution in [3.8, 4) is 5.75 Å². The molecule has 20 heavy (non-hydrogen) atoms. The largest absolute Gasteiger partial charge is 0.508 e. The summed E-state index contributed by atoms with van der Waals surface area (Å²) in [6.07, 6.45) is -0.0134. The van der Waals surface area contributed by atoms with Crippen molar-refractivity contribution in [2.75, 3.05) is 6.54 Å². The summed E-state index contributed by atoms with van der Waals surface area (Å²) >= 11 is 0. The van der Waals surface area contributed by atoms with E-state index in [9.17, 15) is 9.90 Å². The summed E-state index contributed by atoms with van der Waals surface area (Å²) in [5, 5.41) is 12.0. The summed E-state index contributed by atoms with van der Waals surface area (Å²) in [5.74, 6) is 0.644. The minimum absolute atomic E-state index is 0.143. The molecule has 2 aromatic rings. The molecule has 0 fully saturated rings. The first-order valence-electron chi connectivity index (χ1n) is 6.39. The molecular weight excluding hydrogens is 260 g/mol. The number of carbonyl (C=O) groups excluding carboxylic acids is 1. The molecule has 0 spiro atoms. The van der Waals surface area contributed by atoms with Gasteiger partial charge in [0.1, 0.15) is 16.9 Å². The van der Waals surface area contributed by atoms with Crippen LogP contribution in [0.25, 0.3) is 11.1 Å². The summed E-state index contributed by atoms with van der Waals surface area (Å²) in [5.41, 5.74) is 0.687. The second-order valence-electron chi connectivity index (χ2n) is 5.44. The molecule has 2 rings (SSSR count). The third-order valence-electron chi connectivity index (χ3n) is 2.42. The molecule has 2 N–H and O–H groups in total. The average molecular weight is 278 g/mol. The number of carbonyl (C=O) groups is 1. The third kappa shape index (κ3) is 3.88. The Kier molecular flexibility index (Phi) is 3.83. The standard InChI is InChI=1S/C14H18N2O4/c1-14(2,3)20-13(18)15-7-6-12-16-10-8-9(17)4-5-11(10)19-12/h4-5,8,17H,6-7H2,1-3H3,(H,15,18). The van der Waals surface area contributed by atoms with Gasteiger partial charge < -0.3 is 19.6 Å². The SMILES string of the molecule is CC(C)(C)OC(=O)NCCc1nc2cc(O)ccc2o1. The minimum atomic E-state index is -0.515. The summed E-state index contributed by atoms with van der Waals surface area (Å²) in [6.45, 7) is 5.79. The number of fused-ring (bicyclic) bond motifs is 1. The van der Waals surface area contributed by atoms with Crippen LogP contribution in [0.4, 0.5) is 4.79 Å². The van der Waals surface area contributed by atoms with Crippen LogP contribution in [-0.2, 0) is 11.2 Å².